The lowest BCUT2D eigenvalue weighted by Gasteiger charge is -2.49. The molecule has 0 aromatic carbocycles. The van der Waals surface area contributed by atoms with Crippen molar-refractivity contribution in [2.24, 2.45) is 5.41 Å². The van der Waals surface area contributed by atoms with Crippen LogP contribution in [0.4, 0.5) is 0 Å². The molecule has 2 saturated carbocycles. The van der Waals surface area contributed by atoms with E-state index in [-0.39, 0.29) is 6.10 Å². The second-order valence-electron chi connectivity index (χ2n) is 6.95. The zero-order valence-corrected chi connectivity index (χ0v) is 13.1. The molecule has 3 nitrogen and oxygen atoms in total. The average Bonchev–Trinajstić information content (AvgIpc) is 2.83. The Morgan fingerprint density at radius 1 is 1.11 bits per heavy atom. The van der Waals surface area contributed by atoms with Crippen LogP contribution in [0.3, 0.4) is 0 Å². The molecule has 2 aliphatic carbocycles. The van der Waals surface area contributed by atoms with E-state index in [0.717, 1.165) is 32.5 Å². The van der Waals surface area contributed by atoms with E-state index in [2.05, 4.69) is 30.8 Å². The predicted molar refractivity (Wildman–Crippen MR) is 80.3 cm³/mol. The number of hydrogen-bond donors (Lipinski definition) is 1. The van der Waals surface area contributed by atoms with Gasteiger partial charge in [-0.25, -0.2) is 0 Å². The number of rotatable bonds is 5. The summed E-state index contributed by atoms with van der Waals surface area (Å²) in [5, 5.41) is 10.1. The Bertz CT molecular complexity index is 274. The maximum atomic E-state index is 10.1. The second kappa shape index (κ2) is 6.55. The highest BCUT2D eigenvalue weighted by atomic mass is 16.3. The number of nitrogens with zero attached hydrogens (tertiary/aromatic N) is 2. The number of aliphatic hydroxyl groups is 1. The fourth-order valence-corrected chi connectivity index (χ4v) is 4.31. The zero-order chi connectivity index (χ0) is 13.9. The molecular formula is C16H32N2O. The summed E-state index contributed by atoms with van der Waals surface area (Å²) < 4.78 is 0. The van der Waals surface area contributed by atoms with Crippen LogP contribution in [0.5, 0.6) is 0 Å². The van der Waals surface area contributed by atoms with Gasteiger partial charge in [0, 0.05) is 19.1 Å². The first-order chi connectivity index (χ1) is 9.07. The van der Waals surface area contributed by atoms with E-state index in [1.54, 1.807) is 0 Å². The van der Waals surface area contributed by atoms with Gasteiger partial charge in [-0.15, -0.1) is 0 Å². The van der Waals surface area contributed by atoms with Crippen molar-refractivity contribution in [3.63, 3.8) is 0 Å². The van der Waals surface area contributed by atoms with Crippen molar-refractivity contribution >= 4 is 0 Å². The van der Waals surface area contributed by atoms with Crippen molar-refractivity contribution in [1.82, 2.24) is 9.80 Å². The maximum Gasteiger partial charge on any atom is 0.0555 e. The smallest absolute Gasteiger partial charge is 0.0555 e. The Hall–Kier alpha value is -0.120. The second-order valence-corrected chi connectivity index (χ2v) is 6.95. The Morgan fingerprint density at radius 2 is 1.79 bits per heavy atom. The summed E-state index contributed by atoms with van der Waals surface area (Å²) in [6.45, 7) is 5.66. The maximum absolute atomic E-state index is 10.1. The molecule has 0 amide bonds. The van der Waals surface area contributed by atoms with Crippen molar-refractivity contribution in [3.05, 3.63) is 0 Å². The van der Waals surface area contributed by atoms with Crippen LogP contribution in [0.1, 0.15) is 51.9 Å². The van der Waals surface area contributed by atoms with Gasteiger partial charge >= 0.3 is 0 Å². The molecule has 2 fully saturated rings. The third-order valence-corrected chi connectivity index (χ3v) is 5.46. The Morgan fingerprint density at radius 3 is 2.37 bits per heavy atom. The molecule has 2 unspecified atom stereocenters. The molecule has 2 rings (SSSR count). The van der Waals surface area contributed by atoms with Crippen LogP contribution in [-0.4, -0.2) is 60.8 Å². The van der Waals surface area contributed by atoms with E-state index in [9.17, 15) is 5.11 Å². The first-order valence-corrected chi connectivity index (χ1v) is 8.14. The van der Waals surface area contributed by atoms with Gasteiger partial charge in [0.1, 0.15) is 0 Å². The standard InChI is InChI=1S/C16H32N2O/c1-4-18(12-11-17(2)3)15-13-14(19)7-10-16(15)8-5-6-9-16/h14-15,19H,4-13H2,1-3H3. The molecule has 0 aromatic heterocycles. The van der Waals surface area contributed by atoms with Gasteiger partial charge in [-0.3, -0.25) is 4.90 Å². The molecule has 2 aliphatic rings. The third kappa shape index (κ3) is 3.50. The molecule has 0 bridgehead atoms. The highest BCUT2D eigenvalue weighted by molar-refractivity contribution is 5.00. The highest BCUT2D eigenvalue weighted by Gasteiger charge is 2.46. The Labute approximate surface area is 119 Å². The summed E-state index contributed by atoms with van der Waals surface area (Å²) in [7, 11) is 4.30. The molecule has 0 aromatic rings. The Kier molecular flexibility index (Phi) is 5.27. The summed E-state index contributed by atoms with van der Waals surface area (Å²) in [6.07, 6.45) is 8.80. The van der Waals surface area contributed by atoms with Crippen LogP contribution in [0.2, 0.25) is 0 Å². The largest absolute Gasteiger partial charge is 0.393 e. The van der Waals surface area contributed by atoms with E-state index >= 15 is 0 Å². The van der Waals surface area contributed by atoms with Crippen molar-refractivity contribution < 1.29 is 5.11 Å². The minimum absolute atomic E-state index is 0.0652. The van der Waals surface area contributed by atoms with Crippen LogP contribution in [0, 0.1) is 5.41 Å². The van der Waals surface area contributed by atoms with Crippen molar-refractivity contribution in [2.75, 3.05) is 33.7 Å². The van der Waals surface area contributed by atoms with E-state index in [4.69, 9.17) is 0 Å². The van der Waals surface area contributed by atoms with Gasteiger partial charge in [0.15, 0.2) is 0 Å². The van der Waals surface area contributed by atoms with Crippen LogP contribution >= 0.6 is 0 Å². The molecule has 0 heterocycles. The van der Waals surface area contributed by atoms with Gasteiger partial charge in [0.2, 0.25) is 0 Å². The lowest BCUT2D eigenvalue weighted by atomic mass is 9.67. The van der Waals surface area contributed by atoms with E-state index < -0.39 is 0 Å². The molecule has 3 heteroatoms. The van der Waals surface area contributed by atoms with Gasteiger partial charge < -0.3 is 10.0 Å². The van der Waals surface area contributed by atoms with Gasteiger partial charge in [-0.1, -0.05) is 19.8 Å². The number of aliphatic hydroxyl groups excluding tert-OH is 1. The van der Waals surface area contributed by atoms with Crippen molar-refractivity contribution in [3.8, 4) is 0 Å². The summed E-state index contributed by atoms with van der Waals surface area (Å²) in [4.78, 5) is 4.91. The van der Waals surface area contributed by atoms with Crippen molar-refractivity contribution in [2.45, 2.75) is 64.0 Å². The number of likely N-dealkylation sites (N-methyl/N-ethyl adjacent to an activating group) is 2. The molecular weight excluding hydrogens is 236 g/mol. The zero-order valence-electron chi connectivity index (χ0n) is 13.1. The fourth-order valence-electron chi connectivity index (χ4n) is 4.31. The normalized spacial score (nSPS) is 30.6. The van der Waals surface area contributed by atoms with Gasteiger partial charge in [-0.05, 0) is 58.2 Å². The summed E-state index contributed by atoms with van der Waals surface area (Å²) in [6, 6.07) is 0.615. The molecule has 112 valence electrons. The van der Waals surface area contributed by atoms with E-state index in [1.165, 1.54) is 32.1 Å². The van der Waals surface area contributed by atoms with Crippen LogP contribution in [-0.2, 0) is 0 Å². The van der Waals surface area contributed by atoms with Gasteiger partial charge in [0.25, 0.3) is 0 Å². The minimum Gasteiger partial charge on any atom is -0.393 e. The first-order valence-electron chi connectivity index (χ1n) is 8.14. The van der Waals surface area contributed by atoms with Gasteiger partial charge in [-0.2, -0.15) is 0 Å². The highest BCUT2D eigenvalue weighted by Crippen LogP contribution is 2.50. The molecule has 19 heavy (non-hydrogen) atoms. The summed E-state index contributed by atoms with van der Waals surface area (Å²) >= 11 is 0. The summed E-state index contributed by atoms with van der Waals surface area (Å²) in [5.74, 6) is 0. The predicted octanol–water partition coefficient (Wildman–Crippen LogP) is 2.34. The first kappa shape index (κ1) is 15.3. The molecule has 0 aliphatic heterocycles. The SMILES string of the molecule is CCN(CCN(C)C)C1CC(O)CCC12CCCC2. The van der Waals surface area contributed by atoms with Crippen LogP contribution in [0.25, 0.3) is 0 Å². The lowest BCUT2D eigenvalue weighted by Crippen LogP contribution is -2.52. The quantitative estimate of drug-likeness (QED) is 0.829. The minimum atomic E-state index is -0.0652. The average molecular weight is 268 g/mol. The number of hydrogen-bond acceptors (Lipinski definition) is 3. The topological polar surface area (TPSA) is 26.7 Å². The molecule has 0 radical (unpaired) electrons. The Balaban J connectivity index is 2.06. The van der Waals surface area contributed by atoms with Gasteiger partial charge in [0.05, 0.1) is 6.10 Å². The summed E-state index contributed by atoms with van der Waals surface area (Å²) in [5.41, 5.74) is 0.529. The molecule has 1 spiro atoms. The molecule has 2 atom stereocenters. The fraction of sp³-hybridized carbons (Fsp3) is 1.00. The van der Waals surface area contributed by atoms with Crippen LogP contribution in [0.15, 0.2) is 0 Å². The lowest BCUT2D eigenvalue weighted by molar-refractivity contribution is -0.0261. The molecule has 1 N–H and O–H groups in total. The monoisotopic (exact) mass is 268 g/mol. The van der Waals surface area contributed by atoms with E-state index in [1.807, 2.05) is 0 Å². The van der Waals surface area contributed by atoms with Crippen molar-refractivity contribution in [1.29, 1.82) is 0 Å². The van der Waals surface area contributed by atoms with E-state index in [0.29, 0.717) is 11.5 Å². The molecule has 0 saturated heterocycles. The third-order valence-electron chi connectivity index (χ3n) is 5.46. The van der Waals surface area contributed by atoms with Crippen LogP contribution < -0.4 is 0 Å².